The maximum Gasteiger partial charge on any atom is 0.317 e. The summed E-state index contributed by atoms with van der Waals surface area (Å²) in [5, 5.41) is 10.5. The van der Waals surface area contributed by atoms with Gasteiger partial charge in [-0.25, -0.2) is 4.79 Å². The van der Waals surface area contributed by atoms with E-state index in [-0.39, 0.29) is 30.3 Å². The van der Waals surface area contributed by atoms with Gasteiger partial charge in [0.25, 0.3) is 11.8 Å². The van der Waals surface area contributed by atoms with Crippen LogP contribution in [-0.4, -0.2) is 60.9 Å². The molecule has 8 nitrogen and oxygen atoms in total. The van der Waals surface area contributed by atoms with Crippen LogP contribution in [0.25, 0.3) is 0 Å². The summed E-state index contributed by atoms with van der Waals surface area (Å²) in [4.78, 5) is 43.3. The van der Waals surface area contributed by atoms with Crippen LogP contribution in [0.5, 0.6) is 0 Å². The molecule has 4 amide bonds. The highest BCUT2D eigenvalue weighted by atomic mass is 79.9. The van der Waals surface area contributed by atoms with E-state index in [1.54, 1.807) is 49.3 Å². The molecule has 0 spiro atoms. The number of fused-ring (bicyclic) bond motifs is 1. The lowest BCUT2D eigenvalue weighted by molar-refractivity contribution is -0.119. The molecular weight excluding hydrogens is 629 g/mol. The predicted molar refractivity (Wildman–Crippen MR) is 166 cm³/mol. The Labute approximate surface area is 257 Å². The molecule has 1 fully saturated rings. The molecule has 0 saturated carbocycles. The zero-order valence-corrected chi connectivity index (χ0v) is 25.7. The first-order valence-electron chi connectivity index (χ1n) is 13.3. The third kappa shape index (κ3) is 6.17. The van der Waals surface area contributed by atoms with E-state index in [1.807, 2.05) is 30.3 Å². The van der Waals surface area contributed by atoms with E-state index in [1.165, 1.54) is 4.90 Å². The normalized spacial score (nSPS) is 19.8. The van der Waals surface area contributed by atoms with Crippen LogP contribution in [0, 0.1) is 0 Å². The number of carbonyl (C=O) groups excluding carboxylic acids is 3. The topological polar surface area (TPSA) is 93.8 Å². The van der Waals surface area contributed by atoms with Gasteiger partial charge in [0.1, 0.15) is 5.54 Å². The Morgan fingerprint density at radius 2 is 1.88 bits per heavy atom. The molecule has 0 radical (unpaired) electrons. The van der Waals surface area contributed by atoms with Crippen LogP contribution in [0.2, 0.25) is 10.0 Å². The highest BCUT2D eigenvalue weighted by molar-refractivity contribution is 9.10. The maximum absolute atomic E-state index is 14.0. The Morgan fingerprint density at radius 3 is 2.63 bits per heavy atom. The van der Waals surface area contributed by atoms with E-state index in [4.69, 9.17) is 23.2 Å². The van der Waals surface area contributed by atoms with Gasteiger partial charge in [-0.2, -0.15) is 0 Å². The van der Waals surface area contributed by atoms with Crippen molar-refractivity contribution < 1.29 is 14.4 Å². The first-order valence-corrected chi connectivity index (χ1v) is 14.8. The Balaban J connectivity index is 1.52. The van der Waals surface area contributed by atoms with Gasteiger partial charge in [0.2, 0.25) is 0 Å². The standard InChI is InChI=1S/C30H30BrCl2N5O3/c1-37(2)29(41)34-22-7-4-12-38(17-22)27(39)23-10-8-19(31)14-25(23)36-30(16-18-5-3-6-20(32)13-18)24-11-9-21(33)15-26(24)35-28(30)40/h3,5-6,8-11,13-15,22,36H,4,7,12,16-17H2,1-2H3,(H,34,41)(H,35,40). The number of benzene rings is 3. The average molecular weight is 659 g/mol. The zero-order valence-electron chi connectivity index (χ0n) is 22.6. The fourth-order valence-electron chi connectivity index (χ4n) is 5.43. The molecule has 5 rings (SSSR count). The molecule has 0 aromatic heterocycles. The highest BCUT2D eigenvalue weighted by Gasteiger charge is 2.47. The van der Waals surface area contributed by atoms with E-state index in [9.17, 15) is 14.4 Å². The van der Waals surface area contributed by atoms with Crippen LogP contribution in [0.15, 0.2) is 65.1 Å². The summed E-state index contributed by atoms with van der Waals surface area (Å²) in [5.74, 6) is -0.450. The molecule has 2 aliphatic heterocycles. The molecule has 2 heterocycles. The number of anilines is 2. The summed E-state index contributed by atoms with van der Waals surface area (Å²) in [6.45, 7) is 0.960. The highest BCUT2D eigenvalue weighted by Crippen LogP contribution is 2.43. The lowest BCUT2D eigenvalue weighted by Gasteiger charge is -2.35. The third-order valence-electron chi connectivity index (χ3n) is 7.44. The molecule has 41 heavy (non-hydrogen) atoms. The Bertz CT molecular complexity index is 1520. The second-order valence-electron chi connectivity index (χ2n) is 10.6. The molecule has 2 aliphatic rings. The van der Waals surface area contributed by atoms with Crippen LogP contribution >= 0.6 is 39.1 Å². The maximum atomic E-state index is 14.0. The van der Waals surface area contributed by atoms with Gasteiger partial charge in [-0.15, -0.1) is 0 Å². The molecule has 11 heteroatoms. The van der Waals surface area contributed by atoms with Crippen molar-refractivity contribution in [1.82, 2.24) is 15.1 Å². The minimum Gasteiger partial charge on any atom is -0.367 e. The largest absolute Gasteiger partial charge is 0.367 e. The van der Waals surface area contributed by atoms with Gasteiger partial charge in [0, 0.05) is 71.1 Å². The number of amides is 4. The third-order valence-corrected chi connectivity index (χ3v) is 8.40. The smallest absolute Gasteiger partial charge is 0.317 e. The molecule has 3 aromatic carbocycles. The van der Waals surface area contributed by atoms with Gasteiger partial charge >= 0.3 is 6.03 Å². The number of piperidine rings is 1. The van der Waals surface area contributed by atoms with Crippen molar-refractivity contribution in [1.29, 1.82) is 0 Å². The van der Waals surface area contributed by atoms with E-state index in [2.05, 4.69) is 31.9 Å². The first kappa shape index (κ1) is 29.2. The number of carbonyl (C=O) groups is 3. The number of hydrogen-bond donors (Lipinski definition) is 3. The van der Waals surface area contributed by atoms with Crippen molar-refractivity contribution in [3.05, 3.63) is 91.9 Å². The van der Waals surface area contributed by atoms with Gasteiger partial charge in [-0.1, -0.05) is 57.3 Å². The van der Waals surface area contributed by atoms with Crippen LogP contribution < -0.4 is 16.0 Å². The van der Waals surface area contributed by atoms with Crippen LogP contribution in [0.1, 0.15) is 34.3 Å². The molecule has 214 valence electrons. The van der Waals surface area contributed by atoms with Crippen molar-refractivity contribution in [2.45, 2.75) is 30.8 Å². The summed E-state index contributed by atoms with van der Waals surface area (Å²) in [5.41, 5.74) is 1.86. The lowest BCUT2D eigenvalue weighted by atomic mass is 9.84. The summed E-state index contributed by atoms with van der Waals surface area (Å²) in [7, 11) is 3.37. The van der Waals surface area contributed by atoms with Crippen molar-refractivity contribution in [2.24, 2.45) is 0 Å². The number of nitrogens with one attached hydrogen (secondary N) is 3. The number of nitrogens with zero attached hydrogens (tertiary/aromatic N) is 2. The molecule has 0 bridgehead atoms. The summed E-state index contributed by atoms with van der Waals surface area (Å²) < 4.78 is 0.749. The first-order chi connectivity index (χ1) is 19.6. The number of halogens is 3. The fourth-order valence-corrected chi connectivity index (χ4v) is 6.18. The Kier molecular flexibility index (Phi) is 8.50. The van der Waals surface area contributed by atoms with E-state index >= 15 is 0 Å². The summed E-state index contributed by atoms with van der Waals surface area (Å²) >= 11 is 16.1. The second-order valence-corrected chi connectivity index (χ2v) is 12.4. The van der Waals surface area contributed by atoms with Crippen molar-refractivity contribution in [3.8, 4) is 0 Å². The van der Waals surface area contributed by atoms with Crippen LogP contribution in [-0.2, 0) is 16.8 Å². The fraction of sp³-hybridized carbons (Fsp3) is 0.300. The molecule has 3 N–H and O–H groups in total. The Hall–Kier alpha value is -3.27. The SMILES string of the molecule is CN(C)C(=O)NC1CCCN(C(=O)c2ccc(Br)cc2NC2(Cc3cccc(Cl)c3)C(=O)Nc3cc(Cl)ccc32)C1. The number of likely N-dealkylation sites (tertiary alicyclic amines) is 1. The molecule has 2 unspecified atom stereocenters. The van der Waals surface area contributed by atoms with E-state index in [0.717, 1.165) is 28.4 Å². The molecule has 2 atom stereocenters. The van der Waals surface area contributed by atoms with Crippen LogP contribution in [0.4, 0.5) is 16.2 Å². The second kappa shape index (κ2) is 11.9. The average Bonchev–Trinajstić information content (AvgIpc) is 3.18. The van der Waals surface area contributed by atoms with Crippen molar-refractivity contribution >= 4 is 68.4 Å². The number of rotatable bonds is 6. The van der Waals surface area contributed by atoms with E-state index in [0.29, 0.717) is 40.1 Å². The van der Waals surface area contributed by atoms with Crippen molar-refractivity contribution in [3.63, 3.8) is 0 Å². The van der Waals surface area contributed by atoms with Gasteiger partial charge in [0.15, 0.2) is 0 Å². The predicted octanol–water partition coefficient (Wildman–Crippen LogP) is 6.13. The van der Waals surface area contributed by atoms with Gasteiger partial charge in [-0.05, 0) is 60.9 Å². The van der Waals surface area contributed by atoms with Gasteiger partial charge < -0.3 is 25.8 Å². The minimum absolute atomic E-state index is 0.152. The molecule has 1 saturated heterocycles. The molecular formula is C30H30BrCl2N5O3. The monoisotopic (exact) mass is 657 g/mol. The minimum atomic E-state index is -1.25. The zero-order chi connectivity index (χ0) is 29.3. The quantitative estimate of drug-likeness (QED) is 0.297. The van der Waals surface area contributed by atoms with Crippen molar-refractivity contribution in [2.75, 3.05) is 37.8 Å². The van der Waals surface area contributed by atoms with Gasteiger partial charge in [-0.3, -0.25) is 9.59 Å². The van der Waals surface area contributed by atoms with Gasteiger partial charge in [0.05, 0.1) is 5.56 Å². The molecule has 3 aromatic rings. The lowest BCUT2D eigenvalue weighted by Crippen LogP contribution is -2.51. The molecule has 0 aliphatic carbocycles. The summed E-state index contributed by atoms with van der Waals surface area (Å²) in [6, 6.07) is 17.7. The number of urea groups is 1. The number of hydrogen-bond acceptors (Lipinski definition) is 4. The Morgan fingerprint density at radius 1 is 1.10 bits per heavy atom. The summed E-state index contributed by atoms with van der Waals surface area (Å²) in [6.07, 6.45) is 1.83. The van der Waals surface area contributed by atoms with Crippen LogP contribution in [0.3, 0.4) is 0 Å². The van der Waals surface area contributed by atoms with E-state index < -0.39 is 5.54 Å².